The molecule has 1 saturated carbocycles. The normalized spacial score (nSPS) is 20.3. The summed E-state index contributed by atoms with van der Waals surface area (Å²) in [4.78, 5) is 17.2. The van der Waals surface area contributed by atoms with Crippen molar-refractivity contribution < 1.29 is 14.6 Å². The van der Waals surface area contributed by atoms with Crippen molar-refractivity contribution in [2.24, 2.45) is 0 Å². The summed E-state index contributed by atoms with van der Waals surface area (Å²) in [5.41, 5.74) is 3.14. The number of hydrogen-bond acceptors (Lipinski definition) is 5. The van der Waals surface area contributed by atoms with Crippen molar-refractivity contribution in [3.8, 4) is 0 Å². The lowest BCUT2D eigenvalue weighted by atomic mass is 10.2. The first-order valence-corrected chi connectivity index (χ1v) is 8.72. The lowest BCUT2D eigenvalue weighted by Gasteiger charge is -2.14. The summed E-state index contributed by atoms with van der Waals surface area (Å²) in [6.45, 7) is 5.40. The quantitative estimate of drug-likeness (QED) is 0.445. The van der Waals surface area contributed by atoms with E-state index in [0.29, 0.717) is 17.6 Å². The first-order chi connectivity index (χ1) is 12.3. The molecule has 0 saturated heterocycles. The second-order valence-electron chi connectivity index (χ2n) is 6.84. The van der Waals surface area contributed by atoms with Gasteiger partial charge in [0.05, 0.1) is 11.3 Å². The third-order valence-corrected chi connectivity index (χ3v) is 4.54. The van der Waals surface area contributed by atoms with E-state index >= 15 is 0 Å². The Hall–Kier alpha value is -2.83. The number of aryl methyl sites for hydroxylation is 2. The topological polar surface area (TPSA) is 99.7 Å². The van der Waals surface area contributed by atoms with E-state index in [1.807, 2.05) is 30.5 Å². The first-order valence-electron chi connectivity index (χ1n) is 8.72. The molecule has 2 atom stereocenters. The average molecular weight is 356 g/mol. The van der Waals surface area contributed by atoms with Crippen molar-refractivity contribution in [2.75, 3.05) is 0 Å². The lowest BCUT2D eigenvalue weighted by Crippen LogP contribution is -2.33. The molecule has 7 nitrogen and oxygen atoms in total. The third-order valence-electron chi connectivity index (χ3n) is 4.54. The second-order valence-corrected chi connectivity index (χ2v) is 6.84. The zero-order valence-corrected chi connectivity index (χ0v) is 15.2. The van der Waals surface area contributed by atoms with Crippen LogP contribution in [0.1, 0.15) is 47.9 Å². The van der Waals surface area contributed by atoms with Gasteiger partial charge in [0, 0.05) is 36.1 Å². The molecule has 2 heterocycles. The van der Waals surface area contributed by atoms with Crippen molar-refractivity contribution >= 4 is 17.5 Å². The molecule has 1 amide bonds. The van der Waals surface area contributed by atoms with Gasteiger partial charge in [0.1, 0.15) is 11.8 Å². The number of rotatable bonds is 4. The Balaban J connectivity index is 1.65. The minimum atomic E-state index is -0.142. The molecule has 0 radical (unpaired) electrons. The molecular formula is C19H24N4O3. The molecule has 0 spiro atoms. The highest BCUT2D eigenvalue weighted by Crippen LogP contribution is 2.23. The highest BCUT2D eigenvalue weighted by molar-refractivity contribution is 6.00. The monoisotopic (exact) mass is 356 g/mol. The number of fused-ring (bicyclic) bond motifs is 1. The van der Waals surface area contributed by atoms with Gasteiger partial charge >= 0.3 is 0 Å². The van der Waals surface area contributed by atoms with Gasteiger partial charge in [-0.2, -0.15) is 0 Å². The fourth-order valence-corrected chi connectivity index (χ4v) is 3.42. The summed E-state index contributed by atoms with van der Waals surface area (Å²) >= 11 is 0. The molecule has 26 heavy (non-hydrogen) atoms. The number of allylic oxidation sites excluding steroid dienone is 1. The molecule has 2 aromatic rings. The molecule has 3 N–H and O–H groups in total. The zero-order valence-electron chi connectivity index (χ0n) is 15.2. The number of ether oxygens (including phenoxy) is 1. The van der Waals surface area contributed by atoms with Gasteiger partial charge in [0.25, 0.3) is 5.91 Å². The fourth-order valence-electron chi connectivity index (χ4n) is 3.42. The van der Waals surface area contributed by atoms with Crippen LogP contribution in [0, 0.1) is 19.3 Å². The van der Waals surface area contributed by atoms with Gasteiger partial charge in [-0.25, -0.2) is 4.98 Å². The summed E-state index contributed by atoms with van der Waals surface area (Å²) < 4.78 is 7.42. The summed E-state index contributed by atoms with van der Waals surface area (Å²) in [5, 5.41) is 19.9. The van der Waals surface area contributed by atoms with Crippen LogP contribution in [-0.2, 0) is 4.74 Å². The van der Waals surface area contributed by atoms with Crippen LogP contribution in [-0.4, -0.2) is 38.4 Å². The molecule has 0 aliphatic heterocycles. The van der Waals surface area contributed by atoms with E-state index in [4.69, 9.17) is 10.1 Å². The van der Waals surface area contributed by atoms with Crippen LogP contribution >= 0.6 is 0 Å². The van der Waals surface area contributed by atoms with Crippen LogP contribution < -0.4 is 5.32 Å². The van der Waals surface area contributed by atoms with Gasteiger partial charge in [-0.3, -0.25) is 10.2 Å². The lowest BCUT2D eigenvalue weighted by molar-refractivity contribution is 0.0936. The van der Waals surface area contributed by atoms with E-state index in [9.17, 15) is 9.90 Å². The number of aliphatic hydroxyl groups excluding tert-OH is 1. The van der Waals surface area contributed by atoms with Gasteiger partial charge in [0.2, 0.25) is 5.90 Å². The van der Waals surface area contributed by atoms with Gasteiger partial charge < -0.3 is 19.6 Å². The van der Waals surface area contributed by atoms with Crippen molar-refractivity contribution in [2.45, 2.75) is 52.2 Å². The first kappa shape index (κ1) is 18.0. The molecule has 2 unspecified atom stereocenters. The predicted octanol–water partition coefficient (Wildman–Crippen LogP) is 3.06. The van der Waals surface area contributed by atoms with Crippen LogP contribution in [0.5, 0.6) is 0 Å². The number of nitrogens with one attached hydrogen (secondary N) is 2. The fraction of sp³-hybridized carbons (Fsp3) is 0.421. The average Bonchev–Trinajstić information content (AvgIpc) is 3.13. The van der Waals surface area contributed by atoms with E-state index in [1.165, 1.54) is 13.0 Å². The number of carbonyl (C=O) groups is 1. The van der Waals surface area contributed by atoms with Crippen LogP contribution in [0.3, 0.4) is 0 Å². The number of amides is 1. The summed E-state index contributed by atoms with van der Waals surface area (Å²) in [5.74, 6) is -0.163. The minimum Gasteiger partial charge on any atom is -0.512 e. The number of aromatic nitrogens is 2. The van der Waals surface area contributed by atoms with E-state index in [1.54, 1.807) is 6.07 Å². The highest BCUT2D eigenvalue weighted by Gasteiger charge is 2.28. The Kier molecular flexibility index (Phi) is 4.97. The molecular weight excluding hydrogens is 332 g/mol. The van der Waals surface area contributed by atoms with Gasteiger partial charge in [-0.05, 0) is 45.7 Å². The zero-order chi connectivity index (χ0) is 18.8. The Morgan fingerprint density at radius 1 is 1.46 bits per heavy atom. The summed E-state index contributed by atoms with van der Waals surface area (Å²) in [6.07, 6.45) is 5.20. The van der Waals surface area contributed by atoms with Gasteiger partial charge in [-0.15, -0.1) is 0 Å². The number of hydrogen-bond donors (Lipinski definition) is 3. The Labute approximate surface area is 152 Å². The Morgan fingerprint density at radius 2 is 2.23 bits per heavy atom. The van der Waals surface area contributed by atoms with E-state index in [-0.39, 0.29) is 29.7 Å². The maximum Gasteiger partial charge on any atom is 0.255 e. The van der Waals surface area contributed by atoms with Gasteiger partial charge in [-0.1, -0.05) is 0 Å². The van der Waals surface area contributed by atoms with Crippen molar-refractivity contribution in [3.63, 3.8) is 0 Å². The standard InChI is InChI=1S/C19H24N4O3/c1-11-8-12(2)23-7-6-16(18(23)21-11)19(25)22-14-4-5-15(10-14)26-17(20)9-13(3)24/h6-9,14-15,20,24H,4-5,10H2,1-3H3,(H,22,25)/b13-9-,20-17?. The molecule has 138 valence electrons. The molecule has 1 aliphatic carbocycles. The third kappa shape index (κ3) is 3.87. The second kappa shape index (κ2) is 7.19. The molecule has 2 aromatic heterocycles. The van der Waals surface area contributed by atoms with Crippen LogP contribution in [0.2, 0.25) is 0 Å². The Morgan fingerprint density at radius 3 is 2.96 bits per heavy atom. The molecule has 7 heteroatoms. The maximum atomic E-state index is 12.7. The van der Waals surface area contributed by atoms with Crippen LogP contribution in [0.15, 0.2) is 30.2 Å². The molecule has 0 aromatic carbocycles. The van der Waals surface area contributed by atoms with Gasteiger partial charge in [0.15, 0.2) is 0 Å². The number of carbonyl (C=O) groups excluding carboxylic acids is 1. The predicted molar refractivity (Wildman–Crippen MR) is 98.8 cm³/mol. The SMILES string of the molecule is C/C(O)=C/C(=N)OC1CCC(NC(=O)c2ccn3c(C)cc(C)nc23)C1. The van der Waals surface area contributed by atoms with Crippen LogP contribution in [0.4, 0.5) is 0 Å². The summed E-state index contributed by atoms with van der Waals surface area (Å²) in [6, 6.07) is 3.77. The van der Waals surface area contributed by atoms with E-state index in [2.05, 4.69) is 10.3 Å². The Bertz CT molecular complexity index is 880. The van der Waals surface area contributed by atoms with Crippen LogP contribution in [0.25, 0.3) is 5.65 Å². The molecule has 0 bridgehead atoms. The number of nitrogens with zero attached hydrogens (tertiary/aromatic N) is 2. The van der Waals surface area contributed by atoms with Crippen molar-refractivity contribution in [1.29, 1.82) is 5.41 Å². The minimum absolute atomic E-state index is 0.000333. The maximum absolute atomic E-state index is 12.7. The summed E-state index contributed by atoms with van der Waals surface area (Å²) in [7, 11) is 0. The largest absolute Gasteiger partial charge is 0.512 e. The van der Waals surface area contributed by atoms with E-state index in [0.717, 1.165) is 24.2 Å². The van der Waals surface area contributed by atoms with E-state index < -0.39 is 0 Å². The van der Waals surface area contributed by atoms with Crippen molar-refractivity contribution in [3.05, 3.63) is 47.1 Å². The van der Waals surface area contributed by atoms with Crippen molar-refractivity contribution in [1.82, 2.24) is 14.7 Å². The molecule has 1 aliphatic rings. The molecule has 1 fully saturated rings. The number of aliphatic hydroxyl groups is 1. The smallest absolute Gasteiger partial charge is 0.255 e. The molecule has 3 rings (SSSR count). The highest BCUT2D eigenvalue weighted by atomic mass is 16.5.